The lowest BCUT2D eigenvalue weighted by atomic mass is 10.1. The molecular weight excluding hydrogens is 849 g/mol. The lowest BCUT2D eigenvalue weighted by Gasteiger charge is -2.22. The van der Waals surface area contributed by atoms with Crippen molar-refractivity contribution in [1.29, 1.82) is 0 Å². The smallest absolute Gasteiger partial charge is 0.253 e. The number of rotatable bonds is 31. The fraction of sp³-hybridized carbons (Fsp3) is 0.600. The first kappa shape index (κ1) is 53.0. The fourth-order valence-electron chi connectivity index (χ4n) is 5.79. The summed E-state index contributed by atoms with van der Waals surface area (Å²) in [6.07, 6.45) is 1.59. The van der Waals surface area contributed by atoms with E-state index in [0.717, 1.165) is 22.0 Å². The largest absolute Gasteiger partial charge is 0.349 e. The van der Waals surface area contributed by atoms with Gasteiger partial charge in [-0.2, -0.15) is 12.6 Å². The molecule has 2 aliphatic rings. The van der Waals surface area contributed by atoms with Crippen molar-refractivity contribution in [2.45, 2.75) is 88.7 Å². The molecule has 10 amide bonds. The zero-order chi connectivity index (χ0) is 47.1. The van der Waals surface area contributed by atoms with E-state index in [1.807, 2.05) is 0 Å². The Morgan fingerprint density at radius 1 is 0.524 bits per heavy atom. The predicted molar refractivity (Wildman–Crippen MR) is 223 cm³/mol. The zero-order valence-electron chi connectivity index (χ0n) is 35.5. The summed E-state index contributed by atoms with van der Waals surface area (Å²) in [5, 5.41) is 8.86. The van der Waals surface area contributed by atoms with E-state index in [4.69, 9.17) is 0 Å². The number of imide groups is 2. The SMILES string of the molecule is CN(CCN(C)C(=O)CCCC(=O)CNC(=O)CCC(=O)CNC(=O)CCN1C(=O)CC(S)C1=O)C(=O)CCCC(=O)CNC(=O)CCC(=O)CNC(=O)CCN1C(=O)C=CC1=O. The Morgan fingerprint density at radius 3 is 1.24 bits per heavy atom. The summed E-state index contributed by atoms with van der Waals surface area (Å²) < 4.78 is 0. The highest BCUT2D eigenvalue weighted by molar-refractivity contribution is 7.81. The van der Waals surface area contributed by atoms with Crippen molar-refractivity contribution < 1.29 is 67.1 Å². The fourth-order valence-corrected chi connectivity index (χ4v) is 6.08. The highest BCUT2D eigenvalue weighted by Crippen LogP contribution is 2.17. The summed E-state index contributed by atoms with van der Waals surface area (Å²) in [5.74, 6) is -6.13. The molecule has 23 heteroatoms. The van der Waals surface area contributed by atoms with Crippen LogP contribution in [0.15, 0.2) is 12.2 Å². The van der Waals surface area contributed by atoms with Crippen molar-refractivity contribution in [2.75, 3.05) is 66.5 Å². The van der Waals surface area contributed by atoms with Crippen molar-refractivity contribution >= 4 is 94.8 Å². The average molecular weight is 905 g/mol. The van der Waals surface area contributed by atoms with Crippen LogP contribution < -0.4 is 21.3 Å². The number of likely N-dealkylation sites (tertiary alicyclic amines) is 1. The first-order valence-electron chi connectivity index (χ1n) is 20.4. The second kappa shape index (κ2) is 27.7. The van der Waals surface area contributed by atoms with Gasteiger partial charge in [0, 0.05) is 123 Å². The molecule has 0 aliphatic carbocycles. The van der Waals surface area contributed by atoms with Crippen LogP contribution >= 0.6 is 12.6 Å². The van der Waals surface area contributed by atoms with Gasteiger partial charge < -0.3 is 31.1 Å². The first-order chi connectivity index (χ1) is 29.8. The van der Waals surface area contributed by atoms with Crippen LogP contribution in [0, 0.1) is 0 Å². The number of carbonyl (C=O) groups excluding carboxylic acids is 14. The number of likely N-dealkylation sites (N-methyl/N-ethyl adjacent to an activating group) is 2. The molecule has 4 N–H and O–H groups in total. The van der Waals surface area contributed by atoms with Gasteiger partial charge in [0.15, 0.2) is 23.1 Å². The second-order valence-corrected chi connectivity index (χ2v) is 15.5. The van der Waals surface area contributed by atoms with E-state index < -0.39 is 64.1 Å². The Balaban J connectivity index is 1.47. The van der Waals surface area contributed by atoms with E-state index in [0.29, 0.717) is 0 Å². The molecule has 1 atom stereocenters. The molecule has 2 rings (SSSR count). The summed E-state index contributed by atoms with van der Waals surface area (Å²) >= 11 is 4.01. The summed E-state index contributed by atoms with van der Waals surface area (Å²) in [6, 6.07) is 0. The highest BCUT2D eigenvalue weighted by Gasteiger charge is 2.36. The third-order valence-corrected chi connectivity index (χ3v) is 10.2. The van der Waals surface area contributed by atoms with Crippen LogP contribution in [0.5, 0.6) is 0 Å². The molecule has 22 nitrogen and oxygen atoms in total. The lowest BCUT2D eigenvalue weighted by molar-refractivity contribution is -0.140. The van der Waals surface area contributed by atoms with Crippen molar-refractivity contribution in [3.05, 3.63) is 12.2 Å². The molecule has 0 bridgehead atoms. The maximum atomic E-state index is 12.5. The molecular formula is C40H56N8O14S. The van der Waals surface area contributed by atoms with Crippen molar-refractivity contribution in [2.24, 2.45) is 0 Å². The van der Waals surface area contributed by atoms with Crippen molar-refractivity contribution in [3.63, 3.8) is 0 Å². The van der Waals surface area contributed by atoms with Gasteiger partial charge in [0.25, 0.3) is 11.8 Å². The number of hydrogen-bond acceptors (Lipinski definition) is 15. The number of Topliss-reactive ketones (excluding diaryl/α,β-unsaturated/α-hetero) is 4. The van der Waals surface area contributed by atoms with E-state index in [-0.39, 0.29) is 159 Å². The van der Waals surface area contributed by atoms with Gasteiger partial charge in [-0.3, -0.25) is 76.9 Å². The van der Waals surface area contributed by atoms with Crippen LogP contribution in [0.25, 0.3) is 0 Å². The molecule has 2 heterocycles. The molecule has 63 heavy (non-hydrogen) atoms. The number of nitrogens with one attached hydrogen (secondary N) is 4. The van der Waals surface area contributed by atoms with Gasteiger partial charge in [0.2, 0.25) is 47.3 Å². The minimum Gasteiger partial charge on any atom is -0.349 e. The van der Waals surface area contributed by atoms with E-state index in [1.54, 1.807) is 14.1 Å². The Morgan fingerprint density at radius 2 is 0.873 bits per heavy atom. The standard InChI is InChI=1S/C40H56N8O14S/c1-45(35(57)7-3-5-26(49)22-41-31(53)11-9-28(51)24-43-33(55)15-17-47-37(59)13-14-38(47)60)19-20-46(2)36(58)8-4-6-27(50)23-42-32(54)12-10-29(52)25-44-34(56)16-18-48-39(61)21-30(63)40(48)62/h13-14,30,63H,3-12,15-25H2,1-2H3,(H,41,53)(H,42,54)(H,43,55)(H,44,56). The number of carbonyl (C=O) groups is 14. The van der Waals surface area contributed by atoms with Crippen LogP contribution in [0.2, 0.25) is 0 Å². The molecule has 1 unspecified atom stereocenters. The van der Waals surface area contributed by atoms with E-state index in [1.165, 1.54) is 9.80 Å². The van der Waals surface area contributed by atoms with Gasteiger partial charge in [-0.05, 0) is 12.8 Å². The summed E-state index contributed by atoms with van der Waals surface area (Å²) in [5.41, 5.74) is 0. The molecule has 1 saturated heterocycles. The van der Waals surface area contributed by atoms with Crippen molar-refractivity contribution in [1.82, 2.24) is 40.9 Å². The van der Waals surface area contributed by atoms with Crippen LogP contribution in [0.1, 0.15) is 83.5 Å². The summed E-state index contributed by atoms with van der Waals surface area (Å²) in [6.45, 7) is -1.08. The van der Waals surface area contributed by atoms with Crippen molar-refractivity contribution in [3.8, 4) is 0 Å². The maximum absolute atomic E-state index is 12.5. The molecule has 0 spiro atoms. The van der Waals surface area contributed by atoms with Gasteiger partial charge in [0.1, 0.15) is 0 Å². The summed E-state index contributed by atoms with van der Waals surface area (Å²) in [7, 11) is 3.11. The number of hydrogen-bond donors (Lipinski definition) is 5. The van der Waals surface area contributed by atoms with E-state index in [2.05, 4.69) is 33.9 Å². The zero-order valence-corrected chi connectivity index (χ0v) is 36.4. The van der Waals surface area contributed by atoms with Crippen LogP contribution in [-0.2, 0) is 67.1 Å². The van der Waals surface area contributed by atoms with Crippen LogP contribution in [0.4, 0.5) is 0 Å². The number of ketones is 4. The molecule has 0 aromatic carbocycles. The monoisotopic (exact) mass is 904 g/mol. The number of nitrogens with zero attached hydrogens (tertiary/aromatic N) is 4. The van der Waals surface area contributed by atoms with Gasteiger partial charge >= 0.3 is 0 Å². The molecule has 0 aromatic heterocycles. The topological polar surface area (TPSA) is 300 Å². The minimum atomic E-state index is -0.725. The molecule has 0 aromatic rings. The van der Waals surface area contributed by atoms with Gasteiger partial charge in [0.05, 0.1) is 31.4 Å². The Hall–Kier alpha value is -6.13. The number of thiol groups is 1. The highest BCUT2D eigenvalue weighted by atomic mass is 32.1. The van der Waals surface area contributed by atoms with Gasteiger partial charge in [-0.25, -0.2) is 0 Å². The normalized spacial score (nSPS) is 14.4. The van der Waals surface area contributed by atoms with Gasteiger partial charge in [-0.1, -0.05) is 0 Å². The quantitative estimate of drug-likeness (QED) is 0.0350. The summed E-state index contributed by atoms with van der Waals surface area (Å²) in [4.78, 5) is 173. The minimum absolute atomic E-state index is 0.0194. The molecule has 1 fully saturated rings. The van der Waals surface area contributed by atoms with Crippen LogP contribution in [0.3, 0.4) is 0 Å². The molecule has 2 aliphatic heterocycles. The van der Waals surface area contributed by atoms with E-state index in [9.17, 15) is 67.1 Å². The maximum Gasteiger partial charge on any atom is 0.253 e. The Bertz CT molecular complexity index is 1820. The first-order valence-corrected chi connectivity index (χ1v) is 21.0. The second-order valence-electron chi connectivity index (χ2n) is 14.9. The molecule has 346 valence electrons. The lowest BCUT2D eigenvalue weighted by Crippen LogP contribution is -2.37. The Kier molecular flexibility index (Phi) is 23.3. The third-order valence-electron chi connectivity index (χ3n) is 9.75. The predicted octanol–water partition coefficient (Wildman–Crippen LogP) is -2.69. The third kappa shape index (κ3) is 21.0. The number of amides is 10. The molecule has 0 radical (unpaired) electrons. The van der Waals surface area contributed by atoms with Gasteiger partial charge in [-0.15, -0.1) is 0 Å². The molecule has 0 saturated carbocycles. The van der Waals surface area contributed by atoms with E-state index >= 15 is 0 Å². The Labute approximate surface area is 369 Å². The average Bonchev–Trinajstić information content (AvgIpc) is 3.70. The van der Waals surface area contributed by atoms with Crippen LogP contribution in [-0.4, -0.2) is 174 Å².